The van der Waals surface area contributed by atoms with E-state index in [4.69, 9.17) is 0 Å². The maximum Gasteiger partial charge on any atom is 0.319 e. The van der Waals surface area contributed by atoms with Gasteiger partial charge in [-0.1, -0.05) is 0 Å². The van der Waals surface area contributed by atoms with Gasteiger partial charge in [0.2, 0.25) is 0 Å². The zero-order valence-electron chi connectivity index (χ0n) is 10.2. The van der Waals surface area contributed by atoms with Gasteiger partial charge in [-0.3, -0.25) is 4.57 Å². The van der Waals surface area contributed by atoms with E-state index in [0.29, 0.717) is 18.3 Å². The Morgan fingerprint density at radius 3 is 2.78 bits per heavy atom. The van der Waals surface area contributed by atoms with E-state index >= 15 is 0 Å². The largest absolute Gasteiger partial charge is 0.393 e. The van der Waals surface area contributed by atoms with Gasteiger partial charge in [0.05, 0.1) is 12.6 Å². The van der Waals surface area contributed by atoms with Gasteiger partial charge in [0.25, 0.3) is 0 Å². The standard InChI is InChI=1S/C12H19F2N3O/c13-12(14)17-6-5-16-11(17)8-15-7-9-1-3-10(18)4-2-9/h5-6,9-10,12,15,18H,1-4,7-8H2. The maximum atomic E-state index is 12.6. The number of nitrogens with one attached hydrogen (secondary N) is 1. The van der Waals surface area contributed by atoms with Gasteiger partial charge in [-0.25, -0.2) is 4.98 Å². The molecule has 2 rings (SSSR count). The summed E-state index contributed by atoms with van der Waals surface area (Å²) in [4.78, 5) is 3.91. The minimum Gasteiger partial charge on any atom is -0.393 e. The van der Waals surface area contributed by atoms with Crippen LogP contribution in [0.2, 0.25) is 0 Å². The smallest absolute Gasteiger partial charge is 0.319 e. The third-order valence-corrected chi connectivity index (χ3v) is 3.49. The fraction of sp³-hybridized carbons (Fsp3) is 0.750. The van der Waals surface area contributed by atoms with E-state index in [1.165, 1.54) is 12.4 Å². The first kappa shape index (κ1) is 13.4. The number of alkyl halides is 2. The fourth-order valence-electron chi connectivity index (χ4n) is 2.40. The molecule has 1 aromatic heterocycles. The van der Waals surface area contributed by atoms with Crippen molar-refractivity contribution >= 4 is 0 Å². The molecule has 0 bridgehead atoms. The van der Waals surface area contributed by atoms with Crippen LogP contribution in [0.25, 0.3) is 0 Å². The Labute approximate surface area is 105 Å². The molecule has 0 saturated heterocycles. The van der Waals surface area contributed by atoms with Crippen molar-refractivity contribution in [3.63, 3.8) is 0 Å². The summed E-state index contributed by atoms with van der Waals surface area (Å²) in [5, 5.41) is 12.6. The number of aliphatic hydroxyl groups excluding tert-OH is 1. The van der Waals surface area contributed by atoms with E-state index < -0.39 is 6.55 Å². The lowest BCUT2D eigenvalue weighted by molar-refractivity contribution is 0.0664. The van der Waals surface area contributed by atoms with Crippen LogP contribution in [0.5, 0.6) is 0 Å². The normalized spacial score (nSPS) is 24.7. The van der Waals surface area contributed by atoms with E-state index in [1.807, 2.05) is 0 Å². The first-order chi connectivity index (χ1) is 8.66. The lowest BCUT2D eigenvalue weighted by Gasteiger charge is -2.25. The Hall–Kier alpha value is -1.01. The number of nitrogens with zero attached hydrogens (tertiary/aromatic N) is 2. The van der Waals surface area contributed by atoms with E-state index in [1.54, 1.807) is 0 Å². The second kappa shape index (κ2) is 6.24. The molecule has 1 saturated carbocycles. The molecular formula is C12H19F2N3O. The molecule has 6 heteroatoms. The van der Waals surface area contributed by atoms with Crippen LogP contribution in [0.15, 0.2) is 12.4 Å². The van der Waals surface area contributed by atoms with Crippen molar-refractivity contribution in [2.45, 2.75) is 44.9 Å². The van der Waals surface area contributed by atoms with Gasteiger partial charge in [0.1, 0.15) is 5.82 Å². The number of halogens is 2. The minimum absolute atomic E-state index is 0.154. The number of hydrogen-bond donors (Lipinski definition) is 2. The summed E-state index contributed by atoms with van der Waals surface area (Å²) in [6, 6.07) is 0. The van der Waals surface area contributed by atoms with Crippen molar-refractivity contribution in [1.29, 1.82) is 0 Å². The molecule has 1 aromatic rings. The molecular weight excluding hydrogens is 240 g/mol. The first-order valence-electron chi connectivity index (χ1n) is 6.35. The summed E-state index contributed by atoms with van der Waals surface area (Å²) in [6.45, 7) is -1.38. The molecule has 1 heterocycles. The highest BCUT2D eigenvalue weighted by Gasteiger charge is 2.19. The highest BCUT2D eigenvalue weighted by Crippen LogP contribution is 2.23. The van der Waals surface area contributed by atoms with Crippen molar-refractivity contribution in [3.05, 3.63) is 18.2 Å². The Kier molecular flexibility index (Phi) is 4.66. The highest BCUT2D eigenvalue weighted by molar-refractivity contribution is 4.92. The Balaban J connectivity index is 1.73. The number of rotatable bonds is 5. The average molecular weight is 259 g/mol. The second-order valence-corrected chi connectivity index (χ2v) is 4.83. The van der Waals surface area contributed by atoms with Crippen molar-refractivity contribution in [2.24, 2.45) is 5.92 Å². The minimum atomic E-state index is -2.53. The van der Waals surface area contributed by atoms with Gasteiger partial charge >= 0.3 is 6.55 Å². The van der Waals surface area contributed by atoms with Gasteiger partial charge in [-0.15, -0.1) is 0 Å². The zero-order chi connectivity index (χ0) is 13.0. The summed E-state index contributed by atoms with van der Waals surface area (Å²) < 4.78 is 26.0. The molecule has 1 fully saturated rings. The average Bonchev–Trinajstić information content (AvgIpc) is 2.80. The van der Waals surface area contributed by atoms with Gasteiger partial charge < -0.3 is 10.4 Å². The molecule has 0 aliphatic heterocycles. The van der Waals surface area contributed by atoms with Crippen LogP contribution < -0.4 is 5.32 Å². The topological polar surface area (TPSA) is 50.1 Å². The van der Waals surface area contributed by atoms with Crippen LogP contribution in [0.3, 0.4) is 0 Å². The molecule has 1 aliphatic carbocycles. The van der Waals surface area contributed by atoms with Crippen molar-refractivity contribution in [1.82, 2.24) is 14.9 Å². The van der Waals surface area contributed by atoms with Crippen LogP contribution in [0.1, 0.15) is 38.1 Å². The summed E-state index contributed by atoms with van der Waals surface area (Å²) in [7, 11) is 0. The molecule has 0 aromatic carbocycles. The number of aromatic nitrogens is 2. The molecule has 0 atom stereocenters. The monoisotopic (exact) mass is 259 g/mol. The Bertz CT molecular complexity index is 362. The Morgan fingerprint density at radius 2 is 2.11 bits per heavy atom. The number of hydrogen-bond acceptors (Lipinski definition) is 3. The molecule has 18 heavy (non-hydrogen) atoms. The van der Waals surface area contributed by atoms with Crippen molar-refractivity contribution in [2.75, 3.05) is 6.54 Å². The quantitative estimate of drug-likeness (QED) is 0.849. The lowest BCUT2D eigenvalue weighted by Crippen LogP contribution is -2.28. The predicted molar refractivity (Wildman–Crippen MR) is 63.2 cm³/mol. The number of aliphatic hydroxyl groups is 1. The number of imidazole rings is 1. The zero-order valence-corrected chi connectivity index (χ0v) is 10.2. The maximum absolute atomic E-state index is 12.6. The van der Waals surface area contributed by atoms with Gasteiger partial charge in [-0.2, -0.15) is 8.78 Å². The Morgan fingerprint density at radius 1 is 1.39 bits per heavy atom. The van der Waals surface area contributed by atoms with Crippen LogP contribution in [0.4, 0.5) is 8.78 Å². The molecule has 0 unspecified atom stereocenters. The van der Waals surface area contributed by atoms with Crippen LogP contribution in [0, 0.1) is 5.92 Å². The van der Waals surface area contributed by atoms with Gasteiger partial charge in [0, 0.05) is 12.4 Å². The fourth-order valence-corrected chi connectivity index (χ4v) is 2.40. The SMILES string of the molecule is OC1CCC(CNCc2nccn2C(F)F)CC1. The predicted octanol–water partition coefficient (Wildman–Crippen LogP) is 1.92. The van der Waals surface area contributed by atoms with E-state index in [0.717, 1.165) is 36.8 Å². The van der Waals surface area contributed by atoms with E-state index in [9.17, 15) is 13.9 Å². The van der Waals surface area contributed by atoms with E-state index in [2.05, 4.69) is 10.3 Å². The lowest BCUT2D eigenvalue weighted by atomic mass is 9.87. The second-order valence-electron chi connectivity index (χ2n) is 4.83. The van der Waals surface area contributed by atoms with Gasteiger partial charge in [0.15, 0.2) is 0 Å². The van der Waals surface area contributed by atoms with Crippen LogP contribution in [-0.4, -0.2) is 27.3 Å². The van der Waals surface area contributed by atoms with Crippen LogP contribution in [-0.2, 0) is 6.54 Å². The molecule has 4 nitrogen and oxygen atoms in total. The third-order valence-electron chi connectivity index (χ3n) is 3.49. The summed E-state index contributed by atoms with van der Waals surface area (Å²) in [6.07, 6.45) is 6.21. The molecule has 102 valence electrons. The third kappa shape index (κ3) is 3.49. The molecule has 0 radical (unpaired) electrons. The van der Waals surface area contributed by atoms with Gasteiger partial charge in [-0.05, 0) is 38.1 Å². The van der Waals surface area contributed by atoms with Crippen LogP contribution >= 0.6 is 0 Å². The van der Waals surface area contributed by atoms with Crippen molar-refractivity contribution < 1.29 is 13.9 Å². The summed E-state index contributed by atoms with van der Waals surface area (Å²) >= 11 is 0. The summed E-state index contributed by atoms with van der Waals surface area (Å²) in [5.74, 6) is 0.893. The van der Waals surface area contributed by atoms with Crippen molar-refractivity contribution in [3.8, 4) is 0 Å². The molecule has 2 N–H and O–H groups in total. The summed E-state index contributed by atoms with van der Waals surface area (Å²) in [5.41, 5.74) is 0. The molecule has 0 amide bonds. The first-order valence-corrected chi connectivity index (χ1v) is 6.35. The molecule has 0 spiro atoms. The van der Waals surface area contributed by atoms with E-state index in [-0.39, 0.29) is 6.10 Å². The molecule has 1 aliphatic rings. The highest BCUT2D eigenvalue weighted by atomic mass is 19.3.